The predicted octanol–water partition coefficient (Wildman–Crippen LogP) is 7.21. The fourth-order valence-electron chi connectivity index (χ4n) is 4.21. The van der Waals surface area contributed by atoms with Gasteiger partial charge in [0, 0.05) is 16.3 Å². The second kappa shape index (κ2) is 14.3. The third-order valence-electron chi connectivity index (χ3n) is 6.00. The summed E-state index contributed by atoms with van der Waals surface area (Å²) in [5.41, 5.74) is 3.55. The maximum absolute atomic E-state index is 11.6. The van der Waals surface area contributed by atoms with Crippen molar-refractivity contribution in [2.24, 2.45) is 0 Å². The summed E-state index contributed by atoms with van der Waals surface area (Å²) in [5, 5.41) is 18.5. The van der Waals surface area contributed by atoms with Gasteiger partial charge in [0.15, 0.2) is 0 Å². The fraction of sp³-hybridized carbons (Fsp3) is 0.345. The molecule has 184 valence electrons. The molecule has 3 aromatic rings. The Labute approximate surface area is 211 Å². The number of aliphatic carboxylic acids is 1. The second-order valence-corrected chi connectivity index (χ2v) is 9.97. The van der Waals surface area contributed by atoms with Crippen LogP contribution in [0.3, 0.4) is 0 Å². The lowest BCUT2D eigenvalue weighted by atomic mass is 9.97. The van der Waals surface area contributed by atoms with Gasteiger partial charge >= 0.3 is 11.9 Å². The third kappa shape index (κ3) is 9.21. The molecule has 2 N–H and O–H groups in total. The highest BCUT2D eigenvalue weighted by atomic mass is 32.2. The van der Waals surface area contributed by atoms with E-state index < -0.39 is 11.9 Å². The van der Waals surface area contributed by atoms with Crippen LogP contribution in [0.5, 0.6) is 0 Å². The van der Waals surface area contributed by atoms with Crippen LogP contribution in [0.15, 0.2) is 77.8 Å². The predicted molar refractivity (Wildman–Crippen MR) is 140 cm³/mol. The molecule has 35 heavy (non-hydrogen) atoms. The van der Waals surface area contributed by atoms with E-state index in [4.69, 9.17) is 0 Å². The van der Waals surface area contributed by atoms with Crippen molar-refractivity contribution in [2.45, 2.75) is 67.9 Å². The summed E-state index contributed by atoms with van der Waals surface area (Å²) in [6.07, 6.45) is 10.6. The van der Waals surface area contributed by atoms with Crippen LogP contribution in [-0.2, 0) is 17.6 Å². The summed E-state index contributed by atoms with van der Waals surface area (Å²) in [6.45, 7) is 0. The summed E-state index contributed by atoms with van der Waals surface area (Å²) in [5.74, 6) is -1.97. The van der Waals surface area contributed by atoms with Crippen molar-refractivity contribution in [1.82, 2.24) is 4.98 Å². The molecule has 0 bridgehead atoms. The van der Waals surface area contributed by atoms with E-state index in [1.165, 1.54) is 60.8 Å². The van der Waals surface area contributed by atoms with Gasteiger partial charge in [0.25, 0.3) is 0 Å². The van der Waals surface area contributed by atoms with Crippen LogP contribution in [0.2, 0.25) is 0 Å². The van der Waals surface area contributed by atoms with E-state index in [2.05, 4.69) is 41.4 Å². The van der Waals surface area contributed by atoms with Crippen LogP contribution in [0.4, 0.5) is 0 Å². The second-order valence-electron chi connectivity index (χ2n) is 8.69. The van der Waals surface area contributed by atoms with Crippen LogP contribution in [0, 0.1) is 0 Å². The van der Waals surface area contributed by atoms with Gasteiger partial charge in [-0.15, -0.1) is 11.8 Å². The van der Waals surface area contributed by atoms with Crippen molar-refractivity contribution in [2.75, 3.05) is 0 Å². The van der Waals surface area contributed by atoms with Crippen molar-refractivity contribution in [3.8, 4) is 0 Å². The molecular weight excluding hydrogens is 458 g/mol. The van der Waals surface area contributed by atoms with Crippen LogP contribution in [-0.4, -0.2) is 27.1 Å². The zero-order valence-electron chi connectivity index (χ0n) is 19.9. The Morgan fingerprint density at radius 1 is 0.800 bits per heavy atom. The smallest absolute Gasteiger partial charge is 0.354 e. The molecule has 1 heterocycles. The molecule has 0 fully saturated rings. The zero-order valence-corrected chi connectivity index (χ0v) is 20.8. The Balaban J connectivity index is 1.52. The number of nitrogens with zero attached hydrogens (tertiary/aromatic N) is 1. The standard InChI is InChI=1S/C29H33NO4S/c31-28(32)21-27(35-24-18-19-30-26(20-24)29(33)34)25-17-11-10-16-23(25)15-9-4-2-1-3-6-12-22-13-7-5-8-14-22/h5,7-8,10-11,13-14,16-20,27H,1-4,6,9,12,15,21H2,(H,31,32)(H,33,34). The number of hydrogen-bond donors (Lipinski definition) is 2. The molecule has 1 atom stereocenters. The molecule has 0 radical (unpaired) electrons. The van der Waals surface area contributed by atoms with E-state index >= 15 is 0 Å². The Hall–Kier alpha value is -3.12. The highest BCUT2D eigenvalue weighted by Crippen LogP contribution is 2.39. The van der Waals surface area contributed by atoms with Crippen LogP contribution >= 0.6 is 11.8 Å². The summed E-state index contributed by atoms with van der Waals surface area (Å²) in [4.78, 5) is 27.4. The van der Waals surface area contributed by atoms with Gasteiger partial charge in [0.1, 0.15) is 5.69 Å². The SMILES string of the molecule is O=C(O)CC(Sc1ccnc(C(=O)O)c1)c1ccccc1CCCCCCCCc1ccccc1. The van der Waals surface area contributed by atoms with E-state index in [9.17, 15) is 19.8 Å². The number of pyridine rings is 1. The molecule has 0 aliphatic carbocycles. The molecule has 0 spiro atoms. The molecular formula is C29H33NO4S. The van der Waals surface area contributed by atoms with Crippen LogP contribution in [0.1, 0.15) is 77.4 Å². The van der Waals surface area contributed by atoms with Gasteiger partial charge in [-0.25, -0.2) is 9.78 Å². The minimum absolute atomic E-state index is 0.0339. The van der Waals surface area contributed by atoms with E-state index in [1.54, 1.807) is 6.07 Å². The molecule has 3 rings (SSSR count). The highest BCUT2D eigenvalue weighted by molar-refractivity contribution is 7.99. The number of aromatic nitrogens is 1. The van der Waals surface area contributed by atoms with Crippen molar-refractivity contribution in [1.29, 1.82) is 0 Å². The van der Waals surface area contributed by atoms with Gasteiger partial charge in [-0.3, -0.25) is 4.79 Å². The van der Waals surface area contributed by atoms with E-state index in [0.29, 0.717) is 4.90 Å². The number of aromatic carboxylic acids is 1. The minimum atomic E-state index is -1.09. The molecule has 0 saturated carbocycles. The topological polar surface area (TPSA) is 87.5 Å². The first kappa shape index (κ1) is 26.5. The number of thioether (sulfide) groups is 1. The first-order valence-electron chi connectivity index (χ1n) is 12.2. The first-order valence-corrected chi connectivity index (χ1v) is 13.1. The molecule has 1 aromatic heterocycles. The number of benzene rings is 2. The van der Waals surface area contributed by atoms with Crippen molar-refractivity contribution in [3.63, 3.8) is 0 Å². The van der Waals surface area contributed by atoms with Crippen molar-refractivity contribution in [3.05, 3.63) is 95.3 Å². The lowest BCUT2D eigenvalue weighted by Crippen LogP contribution is -2.07. The largest absolute Gasteiger partial charge is 0.481 e. The Kier molecular flexibility index (Phi) is 10.8. The molecule has 0 saturated heterocycles. The Morgan fingerprint density at radius 3 is 2.17 bits per heavy atom. The zero-order chi connectivity index (χ0) is 24.9. The quantitative estimate of drug-likeness (QED) is 0.172. The normalized spacial score (nSPS) is 11.8. The molecule has 5 nitrogen and oxygen atoms in total. The number of aryl methyl sites for hydroxylation is 2. The first-order chi connectivity index (χ1) is 17.0. The average Bonchev–Trinajstić information content (AvgIpc) is 2.86. The summed E-state index contributed by atoms with van der Waals surface area (Å²) in [6, 6.07) is 21.9. The van der Waals surface area contributed by atoms with Crippen molar-refractivity contribution >= 4 is 23.7 Å². The maximum Gasteiger partial charge on any atom is 0.354 e. The highest BCUT2D eigenvalue weighted by Gasteiger charge is 2.20. The Morgan fingerprint density at radius 2 is 1.46 bits per heavy atom. The van der Waals surface area contributed by atoms with Gasteiger partial charge in [0.2, 0.25) is 0 Å². The van der Waals surface area contributed by atoms with E-state index in [-0.39, 0.29) is 17.4 Å². The summed E-state index contributed by atoms with van der Waals surface area (Å²) >= 11 is 1.38. The van der Waals surface area contributed by atoms with Gasteiger partial charge in [-0.2, -0.15) is 0 Å². The summed E-state index contributed by atoms with van der Waals surface area (Å²) < 4.78 is 0. The van der Waals surface area contributed by atoms with Gasteiger partial charge < -0.3 is 10.2 Å². The third-order valence-corrected chi connectivity index (χ3v) is 7.23. The van der Waals surface area contributed by atoms with Crippen LogP contribution in [0.25, 0.3) is 0 Å². The number of unbranched alkanes of at least 4 members (excludes halogenated alkanes) is 5. The number of rotatable bonds is 15. The molecule has 2 aromatic carbocycles. The van der Waals surface area contributed by atoms with E-state index in [0.717, 1.165) is 31.2 Å². The monoisotopic (exact) mass is 491 g/mol. The lowest BCUT2D eigenvalue weighted by molar-refractivity contribution is -0.137. The lowest BCUT2D eigenvalue weighted by Gasteiger charge is -2.19. The number of carbonyl (C=O) groups is 2. The van der Waals surface area contributed by atoms with Gasteiger partial charge in [0.05, 0.1) is 6.42 Å². The number of hydrogen-bond acceptors (Lipinski definition) is 4. The summed E-state index contributed by atoms with van der Waals surface area (Å²) in [7, 11) is 0. The van der Waals surface area contributed by atoms with Crippen molar-refractivity contribution < 1.29 is 19.8 Å². The van der Waals surface area contributed by atoms with Gasteiger partial charge in [-0.1, -0.05) is 80.3 Å². The molecule has 1 unspecified atom stereocenters. The molecule has 0 amide bonds. The van der Waals surface area contributed by atoms with Crippen LogP contribution < -0.4 is 0 Å². The Bertz CT molecular complexity index is 1090. The van der Waals surface area contributed by atoms with E-state index in [1.807, 2.05) is 18.2 Å². The molecule has 0 aliphatic heterocycles. The van der Waals surface area contributed by atoms with Gasteiger partial charge in [-0.05, 0) is 54.5 Å². The number of carboxylic acid groups (broad SMARTS) is 2. The molecule has 6 heteroatoms. The molecule has 0 aliphatic rings. The number of carboxylic acids is 2. The average molecular weight is 492 g/mol. The fourth-order valence-corrected chi connectivity index (χ4v) is 5.44. The maximum atomic E-state index is 11.6. The minimum Gasteiger partial charge on any atom is -0.481 e.